The van der Waals surface area contributed by atoms with Gasteiger partial charge in [-0.25, -0.2) is 4.98 Å². The number of carbonyl (C=O) groups excluding carboxylic acids is 1. The average molecular weight is 248 g/mol. The van der Waals surface area contributed by atoms with E-state index in [-0.39, 0.29) is 0 Å². The molecule has 2 heterocycles. The van der Waals surface area contributed by atoms with Gasteiger partial charge in [-0.2, -0.15) is 0 Å². The summed E-state index contributed by atoms with van der Waals surface area (Å²) in [6.45, 7) is 5.11. The molecule has 0 aliphatic carbocycles. The molecule has 18 heavy (non-hydrogen) atoms. The zero-order valence-corrected chi connectivity index (χ0v) is 10.7. The third-order valence-corrected chi connectivity index (χ3v) is 3.26. The monoisotopic (exact) mass is 248 g/mol. The van der Waals surface area contributed by atoms with E-state index in [0.717, 1.165) is 38.3 Å². The number of primary amides is 1. The van der Waals surface area contributed by atoms with Crippen LogP contribution in [0.3, 0.4) is 0 Å². The number of nitrogens with zero attached hydrogens (tertiary/aromatic N) is 2. The molecule has 0 bridgehead atoms. The van der Waals surface area contributed by atoms with Crippen molar-refractivity contribution in [2.24, 2.45) is 5.73 Å². The van der Waals surface area contributed by atoms with Crippen molar-refractivity contribution < 1.29 is 4.79 Å². The number of amides is 1. The number of hydrogen-bond acceptors (Lipinski definition) is 4. The van der Waals surface area contributed by atoms with Gasteiger partial charge in [-0.05, 0) is 31.5 Å². The van der Waals surface area contributed by atoms with Crippen LogP contribution in [0.5, 0.6) is 0 Å². The summed E-state index contributed by atoms with van der Waals surface area (Å²) in [5.41, 5.74) is 5.83. The normalized spacial score (nSPS) is 18.8. The van der Waals surface area contributed by atoms with Crippen LogP contribution in [-0.2, 0) is 0 Å². The Hall–Kier alpha value is -1.62. The predicted molar refractivity (Wildman–Crippen MR) is 71.7 cm³/mol. The fourth-order valence-corrected chi connectivity index (χ4v) is 2.36. The van der Waals surface area contributed by atoms with Gasteiger partial charge in [-0.3, -0.25) is 4.79 Å². The third kappa shape index (κ3) is 2.79. The van der Waals surface area contributed by atoms with Gasteiger partial charge in [0.2, 0.25) is 5.91 Å². The molecular formula is C13H20N4O. The molecular weight excluding hydrogens is 228 g/mol. The molecule has 1 saturated heterocycles. The smallest absolute Gasteiger partial charge is 0.248 e. The maximum absolute atomic E-state index is 11.2. The van der Waals surface area contributed by atoms with Crippen molar-refractivity contribution in [1.82, 2.24) is 10.3 Å². The first kappa shape index (κ1) is 12.8. The van der Waals surface area contributed by atoms with Crippen LogP contribution in [0.25, 0.3) is 0 Å². The molecule has 1 aromatic heterocycles. The van der Waals surface area contributed by atoms with Gasteiger partial charge in [-0.1, -0.05) is 6.92 Å². The van der Waals surface area contributed by atoms with Crippen LogP contribution < -0.4 is 16.0 Å². The molecule has 5 nitrogen and oxygen atoms in total. The first-order valence-corrected chi connectivity index (χ1v) is 6.45. The Kier molecular flexibility index (Phi) is 4.15. The molecule has 1 aliphatic heterocycles. The molecule has 1 atom stereocenters. The minimum atomic E-state index is -0.403. The van der Waals surface area contributed by atoms with Crippen LogP contribution in [0, 0.1) is 0 Å². The van der Waals surface area contributed by atoms with Crippen molar-refractivity contribution in [3.05, 3.63) is 23.9 Å². The van der Waals surface area contributed by atoms with Crippen LogP contribution in [0.1, 0.15) is 30.1 Å². The number of aromatic nitrogens is 1. The van der Waals surface area contributed by atoms with E-state index < -0.39 is 5.91 Å². The number of nitrogens with two attached hydrogens (primary N) is 1. The Morgan fingerprint density at radius 2 is 2.50 bits per heavy atom. The highest BCUT2D eigenvalue weighted by Gasteiger charge is 2.23. The van der Waals surface area contributed by atoms with Crippen molar-refractivity contribution in [2.45, 2.75) is 25.8 Å². The van der Waals surface area contributed by atoms with Crippen molar-refractivity contribution in [3.8, 4) is 0 Å². The zero-order chi connectivity index (χ0) is 13.0. The number of pyridine rings is 1. The maximum Gasteiger partial charge on any atom is 0.248 e. The van der Waals surface area contributed by atoms with E-state index in [4.69, 9.17) is 5.73 Å². The fraction of sp³-hybridized carbons (Fsp3) is 0.538. The van der Waals surface area contributed by atoms with E-state index in [1.54, 1.807) is 18.3 Å². The van der Waals surface area contributed by atoms with E-state index in [0.29, 0.717) is 11.6 Å². The highest BCUT2D eigenvalue weighted by atomic mass is 16.1. The largest absolute Gasteiger partial charge is 0.366 e. The lowest BCUT2D eigenvalue weighted by Crippen LogP contribution is -2.38. The Morgan fingerprint density at radius 1 is 1.67 bits per heavy atom. The standard InChI is InChI=1S/C13H20N4O/c1-2-7-17(11-4-5-15-9-11)12-8-10(13(14)18)3-6-16-12/h3,6,8,11,15H,2,4-5,7,9H2,1H3,(H2,14,18). The number of carbonyl (C=O) groups is 1. The van der Waals surface area contributed by atoms with Gasteiger partial charge in [0, 0.05) is 30.9 Å². The van der Waals surface area contributed by atoms with Crippen LogP contribution in [0.2, 0.25) is 0 Å². The third-order valence-electron chi connectivity index (χ3n) is 3.26. The molecule has 2 rings (SSSR count). The van der Waals surface area contributed by atoms with Gasteiger partial charge in [0.15, 0.2) is 0 Å². The van der Waals surface area contributed by atoms with E-state index in [1.807, 2.05) is 0 Å². The summed E-state index contributed by atoms with van der Waals surface area (Å²) < 4.78 is 0. The summed E-state index contributed by atoms with van der Waals surface area (Å²) in [6.07, 6.45) is 3.82. The zero-order valence-electron chi connectivity index (χ0n) is 10.7. The summed E-state index contributed by atoms with van der Waals surface area (Å²) in [5, 5.41) is 3.36. The lowest BCUT2D eigenvalue weighted by Gasteiger charge is -2.29. The topological polar surface area (TPSA) is 71.2 Å². The van der Waals surface area contributed by atoms with Crippen molar-refractivity contribution in [3.63, 3.8) is 0 Å². The molecule has 1 unspecified atom stereocenters. The molecule has 1 aliphatic rings. The molecule has 0 saturated carbocycles. The fourth-order valence-electron chi connectivity index (χ4n) is 2.36. The lowest BCUT2D eigenvalue weighted by molar-refractivity contribution is 0.1000. The molecule has 98 valence electrons. The second-order valence-corrected chi connectivity index (χ2v) is 4.61. The number of hydrogen-bond donors (Lipinski definition) is 2. The minimum absolute atomic E-state index is 0.403. The van der Waals surface area contributed by atoms with E-state index in [2.05, 4.69) is 22.1 Å². The van der Waals surface area contributed by atoms with Crippen molar-refractivity contribution in [2.75, 3.05) is 24.5 Å². The number of rotatable bonds is 5. The first-order valence-electron chi connectivity index (χ1n) is 6.45. The number of anilines is 1. The molecule has 3 N–H and O–H groups in total. The van der Waals surface area contributed by atoms with Gasteiger partial charge in [0.1, 0.15) is 5.82 Å². The second kappa shape index (κ2) is 5.82. The highest BCUT2D eigenvalue weighted by molar-refractivity contribution is 5.93. The predicted octanol–water partition coefficient (Wildman–Crippen LogP) is 0.759. The molecule has 1 fully saturated rings. The molecule has 0 radical (unpaired) electrons. The Bertz CT molecular complexity index is 415. The maximum atomic E-state index is 11.2. The first-order chi connectivity index (χ1) is 8.72. The average Bonchev–Trinajstić information content (AvgIpc) is 2.89. The summed E-state index contributed by atoms with van der Waals surface area (Å²) in [5.74, 6) is 0.446. The highest BCUT2D eigenvalue weighted by Crippen LogP contribution is 2.19. The van der Waals surface area contributed by atoms with Crippen LogP contribution in [0.15, 0.2) is 18.3 Å². The molecule has 5 heteroatoms. The molecule has 0 aromatic carbocycles. The van der Waals surface area contributed by atoms with Gasteiger partial charge < -0.3 is 16.0 Å². The molecule has 1 aromatic rings. The van der Waals surface area contributed by atoms with E-state index >= 15 is 0 Å². The Labute approximate surface area is 107 Å². The van der Waals surface area contributed by atoms with Crippen LogP contribution in [-0.4, -0.2) is 36.6 Å². The lowest BCUT2D eigenvalue weighted by atomic mass is 10.2. The summed E-state index contributed by atoms with van der Waals surface area (Å²) in [6, 6.07) is 3.90. The Balaban J connectivity index is 2.23. The Morgan fingerprint density at radius 3 is 3.11 bits per heavy atom. The van der Waals surface area contributed by atoms with E-state index in [1.165, 1.54) is 0 Å². The minimum Gasteiger partial charge on any atom is -0.366 e. The summed E-state index contributed by atoms with van der Waals surface area (Å²) in [4.78, 5) is 17.9. The molecule has 1 amide bonds. The number of nitrogens with one attached hydrogen (secondary N) is 1. The van der Waals surface area contributed by atoms with Gasteiger partial charge >= 0.3 is 0 Å². The van der Waals surface area contributed by atoms with E-state index in [9.17, 15) is 4.79 Å². The van der Waals surface area contributed by atoms with Crippen LogP contribution >= 0.6 is 0 Å². The SMILES string of the molecule is CCCN(c1cc(C(N)=O)ccn1)C1CCNC1. The quantitative estimate of drug-likeness (QED) is 0.807. The second-order valence-electron chi connectivity index (χ2n) is 4.61. The van der Waals surface area contributed by atoms with Gasteiger partial charge in [0.05, 0.1) is 0 Å². The van der Waals surface area contributed by atoms with Crippen LogP contribution in [0.4, 0.5) is 5.82 Å². The summed E-state index contributed by atoms with van der Waals surface area (Å²) >= 11 is 0. The van der Waals surface area contributed by atoms with Crippen molar-refractivity contribution >= 4 is 11.7 Å². The van der Waals surface area contributed by atoms with Gasteiger partial charge in [-0.15, -0.1) is 0 Å². The molecule has 0 spiro atoms. The summed E-state index contributed by atoms with van der Waals surface area (Å²) in [7, 11) is 0. The van der Waals surface area contributed by atoms with Crippen molar-refractivity contribution in [1.29, 1.82) is 0 Å². The van der Waals surface area contributed by atoms with Gasteiger partial charge in [0.25, 0.3) is 0 Å².